The second-order valence-electron chi connectivity index (χ2n) is 4.10. The minimum Gasteiger partial charge on any atom is -0.362 e. The zero-order valence-corrected chi connectivity index (χ0v) is 13.2. The van der Waals surface area contributed by atoms with Gasteiger partial charge in [0.05, 0.1) is 6.54 Å². The smallest absolute Gasteiger partial charge is 0.268 e. The molecule has 0 aliphatic heterocycles. The maximum atomic E-state index is 12.0. The monoisotopic (exact) mass is 342 g/mol. The van der Waals surface area contributed by atoms with E-state index in [1.807, 2.05) is 6.92 Å². The number of nitrogens with one attached hydrogen (secondary N) is 1. The van der Waals surface area contributed by atoms with E-state index in [9.17, 15) is 4.79 Å². The van der Waals surface area contributed by atoms with E-state index in [4.69, 9.17) is 0 Å². The molecule has 0 saturated heterocycles. The van der Waals surface area contributed by atoms with Crippen LogP contribution in [0, 0.1) is 6.92 Å². The van der Waals surface area contributed by atoms with Gasteiger partial charge in [-0.3, -0.25) is 9.36 Å². The van der Waals surface area contributed by atoms with Gasteiger partial charge in [-0.05, 0) is 29.3 Å². The Kier molecular flexibility index (Phi) is 4.71. The van der Waals surface area contributed by atoms with Gasteiger partial charge in [0.15, 0.2) is 5.13 Å². The number of nitrogens with zero attached hydrogens (tertiary/aromatic N) is 3. The average molecular weight is 343 g/mol. The van der Waals surface area contributed by atoms with Crippen LogP contribution in [0.5, 0.6) is 0 Å². The number of thiazole rings is 1. The number of anilines is 1. The molecule has 102 valence electrons. The highest BCUT2D eigenvalue weighted by Crippen LogP contribution is 2.19. The Labute approximate surface area is 123 Å². The first kappa shape index (κ1) is 14.2. The van der Waals surface area contributed by atoms with Crippen molar-refractivity contribution in [1.29, 1.82) is 0 Å². The van der Waals surface area contributed by atoms with Crippen molar-refractivity contribution in [2.45, 2.75) is 26.8 Å². The lowest BCUT2D eigenvalue weighted by molar-refractivity contribution is 0.702. The van der Waals surface area contributed by atoms with Gasteiger partial charge in [0, 0.05) is 23.8 Å². The van der Waals surface area contributed by atoms with E-state index >= 15 is 0 Å². The van der Waals surface area contributed by atoms with Crippen LogP contribution in [0.1, 0.15) is 24.0 Å². The largest absolute Gasteiger partial charge is 0.362 e. The molecule has 2 heterocycles. The number of rotatable bonds is 5. The molecule has 19 heavy (non-hydrogen) atoms. The molecule has 0 saturated carbocycles. The summed E-state index contributed by atoms with van der Waals surface area (Å²) in [6, 6.07) is 0. The van der Waals surface area contributed by atoms with Crippen LogP contribution in [0.3, 0.4) is 0 Å². The van der Waals surface area contributed by atoms with Gasteiger partial charge in [-0.1, -0.05) is 6.92 Å². The highest BCUT2D eigenvalue weighted by molar-refractivity contribution is 9.10. The van der Waals surface area contributed by atoms with Crippen LogP contribution in [-0.4, -0.2) is 21.1 Å². The lowest BCUT2D eigenvalue weighted by Gasteiger charge is -2.07. The molecule has 1 N–H and O–H groups in total. The van der Waals surface area contributed by atoms with Crippen LogP contribution in [0.2, 0.25) is 0 Å². The molecule has 0 unspecified atom stereocenters. The third-order valence-corrected chi connectivity index (χ3v) is 4.08. The first-order valence-corrected chi connectivity index (χ1v) is 7.63. The van der Waals surface area contributed by atoms with Gasteiger partial charge in [-0.2, -0.15) is 0 Å². The quantitative estimate of drug-likeness (QED) is 0.907. The van der Waals surface area contributed by atoms with Crippen molar-refractivity contribution in [2.75, 3.05) is 11.9 Å². The predicted molar refractivity (Wildman–Crippen MR) is 80.9 cm³/mol. The van der Waals surface area contributed by atoms with Crippen molar-refractivity contribution < 1.29 is 0 Å². The van der Waals surface area contributed by atoms with E-state index in [2.05, 4.69) is 38.1 Å². The summed E-state index contributed by atoms with van der Waals surface area (Å²) in [5.41, 5.74) is -0.0658. The van der Waals surface area contributed by atoms with Crippen molar-refractivity contribution in [3.8, 4) is 0 Å². The molecule has 2 aromatic heterocycles. The Bertz CT molecular complexity index is 622. The van der Waals surface area contributed by atoms with Crippen molar-refractivity contribution in [3.63, 3.8) is 0 Å². The number of hydrogen-bond donors (Lipinski definition) is 1. The molecule has 2 rings (SSSR count). The van der Waals surface area contributed by atoms with Crippen LogP contribution in [0.15, 0.2) is 21.7 Å². The number of aryl methyl sites for hydroxylation is 1. The fourth-order valence-electron chi connectivity index (χ4n) is 1.59. The molecule has 5 nitrogen and oxygen atoms in total. The summed E-state index contributed by atoms with van der Waals surface area (Å²) in [4.78, 5) is 21.5. The van der Waals surface area contributed by atoms with Crippen LogP contribution in [0.25, 0.3) is 0 Å². The Morgan fingerprint density at radius 2 is 2.21 bits per heavy atom. The Balaban J connectivity index is 2.20. The molecule has 0 fully saturated rings. The standard InChI is InChI=1S/C12H15BrN4OS/c1-3-4-14-12-16-5-9(19-12)7-17-8(2)15-6-10(13)11(17)18/h5-6H,3-4,7H2,1-2H3,(H,14,16). The summed E-state index contributed by atoms with van der Waals surface area (Å²) in [6.07, 6.45) is 4.40. The minimum atomic E-state index is -0.0658. The fraction of sp³-hybridized carbons (Fsp3) is 0.417. The molecule has 0 atom stereocenters. The SMILES string of the molecule is CCCNc1ncc(Cn2c(C)ncc(Br)c2=O)s1. The van der Waals surface area contributed by atoms with Crippen molar-refractivity contribution in [1.82, 2.24) is 14.5 Å². The van der Waals surface area contributed by atoms with Crippen LogP contribution < -0.4 is 10.9 Å². The van der Waals surface area contributed by atoms with Gasteiger partial charge < -0.3 is 5.32 Å². The van der Waals surface area contributed by atoms with E-state index in [0.29, 0.717) is 16.8 Å². The molecule has 7 heteroatoms. The maximum absolute atomic E-state index is 12.0. The van der Waals surface area contributed by atoms with Gasteiger partial charge in [-0.15, -0.1) is 11.3 Å². The van der Waals surface area contributed by atoms with Gasteiger partial charge in [0.2, 0.25) is 0 Å². The molecular weight excluding hydrogens is 328 g/mol. The van der Waals surface area contributed by atoms with Crippen molar-refractivity contribution in [3.05, 3.63) is 37.9 Å². The summed E-state index contributed by atoms with van der Waals surface area (Å²) >= 11 is 4.78. The van der Waals surface area contributed by atoms with Crippen LogP contribution in [-0.2, 0) is 6.54 Å². The van der Waals surface area contributed by atoms with Gasteiger partial charge in [0.1, 0.15) is 10.3 Å². The molecular formula is C12H15BrN4OS. The third-order valence-electron chi connectivity index (χ3n) is 2.60. The van der Waals surface area contributed by atoms with E-state index in [-0.39, 0.29) is 5.56 Å². The van der Waals surface area contributed by atoms with Gasteiger partial charge in [-0.25, -0.2) is 9.97 Å². The normalized spacial score (nSPS) is 10.7. The first-order chi connectivity index (χ1) is 9.11. The van der Waals surface area contributed by atoms with Gasteiger partial charge >= 0.3 is 0 Å². The van der Waals surface area contributed by atoms with Gasteiger partial charge in [0.25, 0.3) is 5.56 Å². The molecule has 0 amide bonds. The third kappa shape index (κ3) is 3.42. The Hall–Kier alpha value is -1.21. The van der Waals surface area contributed by atoms with E-state index in [0.717, 1.165) is 23.0 Å². The van der Waals surface area contributed by atoms with E-state index in [1.165, 1.54) is 6.20 Å². The minimum absolute atomic E-state index is 0.0658. The lowest BCUT2D eigenvalue weighted by Crippen LogP contribution is -2.24. The highest BCUT2D eigenvalue weighted by atomic mass is 79.9. The molecule has 2 aromatic rings. The molecule has 0 radical (unpaired) electrons. The molecule has 0 bridgehead atoms. The molecule has 0 aliphatic carbocycles. The first-order valence-electron chi connectivity index (χ1n) is 6.02. The molecule has 0 spiro atoms. The van der Waals surface area contributed by atoms with Crippen molar-refractivity contribution >= 4 is 32.4 Å². The summed E-state index contributed by atoms with van der Waals surface area (Å²) in [5.74, 6) is 0.699. The summed E-state index contributed by atoms with van der Waals surface area (Å²) < 4.78 is 2.12. The summed E-state index contributed by atoms with van der Waals surface area (Å²) in [7, 11) is 0. The van der Waals surface area contributed by atoms with Crippen LogP contribution >= 0.6 is 27.3 Å². The Morgan fingerprint density at radius 1 is 1.42 bits per heavy atom. The maximum Gasteiger partial charge on any atom is 0.268 e. The number of aromatic nitrogens is 3. The highest BCUT2D eigenvalue weighted by Gasteiger charge is 2.08. The average Bonchev–Trinajstić information content (AvgIpc) is 2.84. The zero-order valence-electron chi connectivity index (χ0n) is 10.8. The molecule has 0 aromatic carbocycles. The van der Waals surface area contributed by atoms with Crippen molar-refractivity contribution in [2.24, 2.45) is 0 Å². The second kappa shape index (κ2) is 6.29. The predicted octanol–water partition coefficient (Wildman–Crippen LogP) is 2.64. The number of halogens is 1. The topological polar surface area (TPSA) is 59.8 Å². The van der Waals surface area contributed by atoms with Crippen LogP contribution in [0.4, 0.5) is 5.13 Å². The number of hydrogen-bond acceptors (Lipinski definition) is 5. The summed E-state index contributed by atoms with van der Waals surface area (Å²) in [5, 5.41) is 4.13. The molecule has 0 aliphatic rings. The van der Waals surface area contributed by atoms with E-state index < -0.39 is 0 Å². The van der Waals surface area contributed by atoms with E-state index in [1.54, 1.807) is 22.1 Å². The Morgan fingerprint density at radius 3 is 2.95 bits per heavy atom. The second-order valence-corrected chi connectivity index (χ2v) is 6.07. The lowest BCUT2D eigenvalue weighted by atomic mass is 10.4. The fourth-order valence-corrected chi connectivity index (χ4v) is 2.73. The zero-order chi connectivity index (χ0) is 13.8. The summed E-state index contributed by atoms with van der Waals surface area (Å²) in [6.45, 7) is 5.34.